The summed E-state index contributed by atoms with van der Waals surface area (Å²) in [7, 11) is 0. The van der Waals surface area contributed by atoms with E-state index in [4.69, 9.17) is 89.1 Å². The normalized spacial score (nSPS) is 9.93. The van der Waals surface area contributed by atoms with Crippen molar-refractivity contribution in [3.63, 3.8) is 0 Å². The van der Waals surface area contributed by atoms with E-state index >= 15 is 0 Å². The zero-order valence-electron chi connectivity index (χ0n) is 21.2. The number of nitrogen functional groups attached to an aromatic ring is 1. The van der Waals surface area contributed by atoms with Crippen molar-refractivity contribution in [1.29, 1.82) is 10.5 Å². The highest BCUT2D eigenvalue weighted by Crippen LogP contribution is 2.36. The van der Waals surface area contributed by atoms with Gasteiger partial charge in [-0.15, -0.1) is 0 Å². The van der Waals surface area contributed by atoms with Crippen LogP contribution in [0.25, 0.3) is 0 Å². The van der Waals surface area contributed by atoms with Crippen molar-refractivity contribution >= 4 is 80.5 Å². The molecule has 0 aliphatic heterocycles. The van der Waals surface area contributed by atoms with Crippen LogP contribution >= 0.6 is 70.4 Å². The Morgan fingerprint density at radius 2 is 1.22 bits per heavy atom. The topological polar surface area (TPSA) is 101 Å². The number of halogens is 4. The van der Waals surface area contributed by atoms with Crippen molar-refractivity contribution in [3.8, 4) is 35.1 Å². The molecule has 0 saturated carbocycles. The SMILES string of the molecule is CCOC(=S)Sc1cc(C#N)ccc1Oc1cc(Cl)cc(Cl)c1.N#Cc1ccc(Oc2cc(Cl)cc(Cl)c2)c(N)c1. The zero-order valence-corrected chi connectivity index (χ0v) is 25.8. The molecular formula is C29H19Cl4N3O3S2. The smallest absolute Gasteiger partial charge is 0.224 e. The van der Waals surface area contributed by atoms with Gasteiger partial charge < -0.3 is 19.9 Å². The van der Waals surface area contributed by atoms with E-state index in [1.807, 2.05) is 13.0 Å². The Balaban J connectivity index is 0.000000232. The minimum Gasteiger partial charge on any atom is -0.479 e. The zero-order chi connectivity index (χ0) is 29.9. The van der Waals surface area contributed by atoms with Crippen LogP contribution in [-0.2, 0) is 4.74 Å². The van der Waals surface area contributed by atoms with E-state index in [1.54, 1.807) is 72.8 Å². The van der Waals surface area contributed by atoms with Crippen LogP contribution in [0.5, 0.6) is 23.0 Å². The third-order valence-corrected chi connectivity index (χ3v) is 6.86. The molecule has 0 amide bonds. The molecule has 0 heterocycles. The quantitative estimate of drug-likeness (QED) is 0.124. The molecule has 0 spiro atoms. The van der Waals surface area contributed by atoms with E-state index in [0.717, 1.165) is 0 Å². The number of rotatable bonds is 6. The fraction of sp³-hybridized carbons (Fsp3) is 0.0690. The molecule has 208 valence electrons. The van der Waals surface area contributed by atoms with Crippen molar-refractivity contribution in [1.82, 2.24) is 0 Å². The molecule has 0 unspecified atom stereocenters. The molecule has 0 aliphatic carbocycles. The van der Waals surface area contributed by atoms with Gasteiger partial charge in [-0.1, -0.05) is 46.4 Å². The van der Waals surface area contributed by atoms with E-state index in [0.29, 0.717) is 75.8 Å². The van der Waals surface area contributed by atoms with Gasteiger partial charge in [0.15, 0.2) is 0 Å². The van der Waals surface area contributed by atoms with Gasteiger partial charge in [0.2, 0.25) is 4.38 Å². The molecule has 0 aliphatic rings. The highest BCUT2D eigenvalue weighted by atomic mass is 35.5. The third-order valence-electron chi connectivity index (χ3n) is 4.79. The van der Waals surface area contributed by atoms with Crippen molar-refractivity contribution in [2.45, 2.75) is 11.8 Å². The van der Waals surface area contributed by atoms with Crippen LogP contribution in [0.2, 0.25) is 20.1 Å². The van der Waals surface area contributed by atoms with E-state index in [-0.39, 0.29) is 0 Å². The minimum absolute atomic E-state index is 0.358. The lowest BCUT2D eigenvalue weighted by Gasteiger charge is -2.12. The van der Waals surface area contributed by atoms with Crippen LogP contribution in [0, 0.1) is 22.7 Å². The maximum Gasteiger partial charge on any atom is 0.224 e. The van der Waals surface area contributed by atoms with Gasteiger partial charge in [-0.3, -0.25) is 0 Å². The maximum absolute atomic E-state index is 9.05. The summed E-state index contributed by atoms with van der Waals surface area (Å²) < 4.78 is 17.0. The van der Waals surface area contributed by atoms with Gasteiger partial charge in [0.05, 0.1) is 40.5 Å². The molecule has 6 nitrogen and oxygen atoms in total. The molecule has 0 bridgehead atoms. The summed E-state index contributed by atoms with van der Waals surface area (Å²) in [4.78, 5) is 0.679. The number of thiocarbonyl (C=S) groups is 1. The van der Waals surface area contributed by atoms with Crippen LogP contribution in [0.1, 0.15) is 18.1 Å². The second-order valence-electron chi connectivity index (χ2n) is 7.84. The van der Waals surface area contributed by atoms with Crippen LogP contribution < -0.4 is 15.2 Å². The monoisotopic (exact) mass is 661 g/mol. The molecule has 4 aromatic rings. The number of ether oxygens (including phenoxy) is 3. The molecule has 2 N–H and O–H groups in total. The van der Waals surface area contributed by atoms with Gasteiger partial charge in [0.1, 0.15) is 23.0 Å². The lowest BCUT2D eigenvalue weighted by molar-refractivity contribution is 0.346. The largest absolute Gasteiger partial charge is 0.479 e. The Morgan fingerprint density at radius 1 is 0.756 bits per heavy atom. The van der Waals surface area contributed by atoms with Gasteiger partial charge >= 0.3 is 0 Å². The number of benzene rings is 4. The highest BCUT2D eigenvalue weighted by molar-refractivity contribution is 8.22. The van der Waals surface area contributed by atoms with E-state index in [2.05, 4.69) is 6.07 Å². The number of nitrogens with two attached hydrogens (primary N) is 1. The predicted molar refractivity (Wildman–Crippen MR) is 170 cm³/mol. The molecule has 0 aromatic heterocycles. The maximum atomic E-state index is 9.05. The number of nitrogens with zero attached hydrogens (tertiary/aromatic N) is 2. The van der Waals surface area contributed by atoms with Gasteiger partial charge in [-0.2, -0.15) is 10.5 Å². The summed E-state index contributed by atoms with van der Waals surface area (Å²) in [5.74, 6) is 1.97. The molecule has 0 saturated heterocycles. The van der Waals surface area contributed by atoms with Crippen molar-refractivity contribution in [2.75, 3.05) is 12.3 Å². The fourth-order valence-electron chi connectivity index (χ4n) is 3.12. The number of anilines is 1. The van der Waals surface area contributed by atoms with Gasteiger partial charge in [-0.05, 0) is 104 Å². The Morgan fingerprint density at radius 3 is 1.68 bits per heavy atom. The summed E-state index contributed by atoms with van der Waals surface area (Å²) in [6.07, 6.45) is 0. The summed E-state index contributed by atoms with van der Waals surface area (Å²) in [6.45, 7) is 2.33. The Bertz CT molecular complexity index is 1620. The van der Waals surface area contributed by atoms with Crippen LogP contribution in [-0.4, -0.2) is 11.0 Å². The number of hydrogen-bond acceptors (Lipinski definition) is 8. The molecule has 0 radical (unpaired) electrons. The summed E-state index contributed by atoms with van der Waals surface area (Å²) in [5, 5.41) is 19.7. The van der Waals surface area contributed by atoms with E-state index < -0.39 is 0 Å². The number of nitriles is 2. The molecule has 4 aromatic carbocycles. The molecule has 4 rings (SSSR count). The second kappa shape index (κ2) is 15.6. The Kier molecular flexibility index (Phi) is 12.2. The van der Waals surface area contributed by atoms with Crippen LogP contribution in [0.3, 0.4) is 0 Å². The first-order valence-electron chi connectivity index (χ1n) is 11.6. The first-order valence-corrected chi connectivity index (χ1v) is 14.3. The van der Waals surface area contributed by atoms with E-state index in [9.17, 15) is 0 Å². The van der Waals surface area contributed by atoms with E-state index in [1.165, 1.54) is 11.8 Å². The average Bonchev–Trinajstić information content (AvgIpc) is 2.90. The summed E-state index contributed by atoms with van der Waals surface area (Å²) in [5.41, 5.74) is 7.14. The molecular weight excluding hydrogens is 644 g/mol. The highest BCUT2D eigenvalue weighted by Gasteiger charge is 2.12. The van der Waals surface area contributed by atoms with Gasteiger partial charge in [-0.25, -0.2) is 0 Å². The number of thioether (sulfide) groups is 1. The third kappa shape index (κ3) is 10.2. The van der Waals surface area contributed by atoms with Gasteiger partial charge in [0.25, 0.3) is 0 Å². The van der Waals surface area contributed by atoms with Crippen LogP contribution in [0.4, 0.5) is 5.69 Å². The van der Waals surface area contributed by atoms with Crippen molar-refractivity contribution in [3.05, 3.63) is 104 Å². The number of hydrogen-bond donors (Lipinski definition) is 1. The van der Waals surface area contributed by atoms with Crippen molar-refractivity contribution in [2.24, 2.45) is 0 Å². The second-order valence-corrected chi connectivity index (χ2v) is 11.2. The molecule has 0 atom stereocenters. The molecule has 0 fully saturated rings. The first-order chi connectivity index (χ1) is 19.6. The molecule has 41 heavy (non-hydrogen) atoms. The average molecular weight is 663 g/mol. The van der Waals surface area contributed by atoms with Gasteiger partial charge in [0, 0.05) is 20.1 Å². The Labute approximate surface area is 267 Å². The predicted octanol–water partition coefficient (Wildman–Crippen LogP) is 10.3. The first kappa shape index (κ1) is 32.2. The minimum atomic E-state index is 0.358. The molecule has 12 heteroatoms. The standard InChI is InChI=1S/C16H11Cl2NO2S2.C13H8Cl2N2O/c1-2-20-16(22)23-15-5-10(9-19)3-4-14(15)21-13-7-11(17)6-12(18)8-13;14-9-4-10(15)6-11(5-9)18-13-2-1-8(7-16)3-12(13)17/h3-8H,2H2,1H3;1-6H,17H2. The summed E-state index contributed by atoms with van der Waals surface area (Å²) >= 11 is 30.0. The lowest BCUT2D eigenvalue weighted by Crippen LogP contribution is -1.97. The fourth-order valence-corrected chi connectivity index (χ4v) is 5.27. The summed E-state index contributed by atoms with van der Waals surface area (Å²) in [6, 6.07) is 23.7. The Hall–Kier alpha value is -3.34. The van der Waals surface area contributed by atoms with Crippen LogP contribution in [0.15, 0.2) is 77.7 Å². The lowest BCUT2D eigenvalue weighted by atomic mass is 10.2. The van der Waals surface area contributed by atoms with Crippen molar-refractivity contribution < 1.29 is 14.2 Å².